The molecule has 6 heteroatoms. The Morgan fingerprint density at radius 3 is 2.61 bits per heavy atom. The minimum atomic E-state index is -0.643. The zero-order valence-electron chi connectivity index (χ0n) is 15.6. The Bertz CT molecular complexity index is 1020. The predicted octanol–water partition coefficient (Wildman–Crippen LogP) is 5.30. The number of amides is 1. The number of hydrogen-bond acceptors (Lipinski definition) is 3. The summed E-state index contributed by atoms with van der Waals surface area (Å²) in [5, 5.41) is 2.70. The first-order valence-electron chi connectivity index (χ1n) is 9.24. The number of halogens is 2. The van der Waals surface area contributed by atoms with Gasteiger partial charge in [0.05, 0.1) is 6.04 Å². The zero-order valence-corrected chi connectivity index (χ0v) is 15.6. The monoisotopic (exact) mass is 382 g/mol. The van der Waals surface area contributed by atoms with Crippen molar-refractivity contribution in [3.8, 4) is 11.5 Å². The van der Waals surface area contributed by atoms with Crippen molar-refractivity contribution in [2.75, 3.05) is 0 Å². The highest BCUT2D eigenvalue weighted by Gasteiger charge is 2.24. The van der Waals surface area contributed by atoms with Gasteiger partial charge in [-0.1, -0.05) is 12.1 Å². The van der Waals surface area contributed by atoms with Gasteiger partial charge < -0.3 is 9.73 Å². The Balaban J connectivity index is 1.49. The normalized spacial score (nSPS) is 14.7. The van der Waals surface area contributed by atoms with Gasteiger partial charge in [-0.05, 0) is 68.0 Å². The molecule has 1 aliphatic carbocycles. The van der Waals surface area contributed by atoms with E-state index in [4.69, 9.17) is 4.42 Å². The van der Waals surface area contributed by atoms with E-state index in [-0.39, 0.29) is 11.3 Å². The lowest BCUT2D eigenvalue weighted by Gasteiger charge is -2.14. The van der Waals surface area contributed by atoms with E-state index >= 15 is 0 Å². The van der Waals surface area contributed by atoms with Crippen molar-refractivity contribution in [1.29, 1.82) is 0 Å². The number of benzene rings is 2. The van der Waals surface area contributed by atoms with Crippen LogP contribution in [0.25, 0.3) is 11.5 Å². The van der Waals surface area contributed by atoms with Gasteiger partial charge in [-0.3, -0.25) is 4.79 Å². The summed E-state index contributed by atoms with van der Waals surface area (Å²) in [6.45, 7) is 3.02. The van der Waals surface area contributed by atoms with Crippen molar-refractivity contribution in [3.05, 3.63) is 76.7 Å². The van der Waals surface area contributed by atoms with E-state index < -0.39 is 23.6 Å². The minimum absolute atomic E-state index is 0.0446. The van der Waals surface area contributed by atoms with Crippen molar-refractivity contribution >= 4 is 5.91 Å². The van der Waals surface area contributed by atoms with Crippen molar-refractivity contribution < 1.29 is 18.0 Å². The predicted molar refractivity (Wildman–Crippen MR) is 101 cm³/mol. The second-order valence-electron chi connectivity index (χ2n) is 7.24. The second kappa shape index (κ2) is 7.19. The lowest BCUT2D eigenvalue weighted by molar-refractivity contribution is 0.0934. The van der Waals surface area contributed by atoms with Gasteiger partial charge in [0.25, 0.3) is 5.91 Å². The molecular weight excluding hydrogens is 362 g/mol. The number of carbonyl (C=O) groups is 1. The summed E-state index contributed by atoms with van der Waals surface area (Å²) >= 11 is 0. The van der Waals surface area contributed by atoms with Crippen LogP contribution < -0.4 is 5.32 Å². The maximum Gasteiger partial charge on any atom is 0.273 e. The third-order valence-electron chi connectivity index (χ3n) is 5.07. The Hall–Kier alpha value is -3.02. The molecule has 1 aromatic heterocycles. The molecule has 1 heterocycles. The van der Waals surface area contributed by atoms with E-state index in [1.807, 2.05) is 18.2 Å². The first-order valence-corrected chi connectivity index (χ1v) is 9.24. The van der Waals surface area contributed by atoms with Crippen LogP contribution >= 0.6 is 0 Å². The van der Waals surface area contributed by atoms with Crippen LogP contribution in [0.4, 0.5) is 8.78 Å². The van der Waals surface area contributed by atoms with E-state index in [9.17, 15) is 13.6 Å². The lowest BCUT2D eigenvalue weighted by atomic mass is 10.1. The fraction of sp³-hybridized carbons (Fsp3) is 0.273. The quantitative estimate of drug-likeness (QED) is 0.652. The van der Waals surface area contributed by atoms with E-state index in [0.29, 0.717) is 17.4 Å². The number of hydrogen-bond donors (Lipinski definition) is 1. The lowest BCUT2D eigenvalue weighted by Crippen LogP contribution is -2.27. The van der Waals surface area contributed by atoms with E-state index in [1.54, 1.807) is 6.92 Å². The molecule has 28 heavy (non-hydrogen) atoms. The third kappa shape index (κ3) is 3.67. The maximum atomic E-state index is 13.8. The van der Waals surface area contributed by atoms with E-state index in [2.05, 4.69) is 16.4 Å². The first-order chi connectivity index (χ1) is 13.4. The molecule has 4 rings (SSSR count). The van der Waals surface area contributed by atoms with Gasteiger partial charge in [-0.2, -0.15) is 0 Å². The highest BCUT2D eigenvalue weighted by molar-refractivity contribution is 5.92. The smallest absolute Gasteiger partial charge is 0.273 e. The molecule has 0 aliphatic heterocycles. The molecule has 2 aromatic carbocycles. The van der Waals surface area contributed by atoms with Crippen LogP contribution in [0.1, 0.15) is 58.9 Å². The van der Waals surface area contributed by atoms with Crippen molar-refractivity contribution in [3.63, 3.8) is 0 Å². The molecule has 3 aromatic rings. The number of rotatable bonds is 5. The molecule has 1 aliphatic rings. The van der Waals surface area contributed by atoms with Gasteiger partial charge >= 0.3 is 0 Å². The van der Waals surface area contributed by atoms with Gasteiger partial charge in [0, 0.05) is 11.1 Å². The summed E-state index contributed by atoms with van der Waals surface area (Å²) in [6.07, 6.45) is 3.68. The van der Waals surface area contributed by atoms with Gasteiger partial charge in [0.1, 0.15) is 17.9 Å². The molecule has 1 N–H and O–H groups in total. The van der Waals surface area contributed by atoms with Crippen LogP contribution in [0.3, 0.4) is 0 Å². The average Bonchev–Trinajstić information content (AvgIpc) is 3.42. The summed E-state index contributed by atoms with van der Waals surface area (Å²) in [7, 11) is 0. The molecular formula is C22H20F2N2O2. The average molecular weight is 382 g/mol. The Morgan fingerprint density at radius 2 is 1.93 bits per heavy atom. The van der Waals surface area contributed by atoms with Gasteiger partial charge in [-0.25, -0.2) is 13.8 Å². The van der Waals surface area contributed by atoms with Crippen LogP contribution in [-0.2, 0) is 0 Å². The highest BCUT2D eigenvalue weighted by atomic mass is 19.1. The molecule has 0 saturated heterocycles. The zero-order chi connectivity index (χ0) is 19.8. The highest BCUT2D eigenvalue weighted by Crippen LogP contribution is 2.41. The molecule has 0 bridgehead atoms. The molecule has 4 nitrogen and oxygen atoms in total. The maximum absolute atomic E-state index is 13.8. The summed E-state index contributed by atoms with van der Waals surface area (Å²) in [6, 6.07) is 9.82. The molecule has 0 spiro atoms. The molecule has 0 radical (unpaired) electrons. The van der Waals surface area contributed by atoms with E-state index in [0.717, 1.165) is 5.56 Å². The molecule has 1 amide bonds. The van der Waals surface area contributed by atoms with E-state index in [1.165, 1.54) is 43.7 Å². The number of nitrogens with zero attached hydrogens (tertiary/aromatic N) is 1. The van der Waals surface area contributed by atoms with Crippen molar-refractivity contribution in [1.82, 2.24) is 10.3 Å². The van der Waals surface area contributed by atoms with Crippen LogP contribution in [0, 0.1) is 18.6 Å². The fourth-order valence-corrected chi connectivity index (χ4v) is 3.12. The third-order valence-corrected chi connectivity index (χ3v) is 5.07. The largest absolute Gasteiger partial charge is 0.444 e. The Kier molecular flexibility index (Phi) is 4.71. The minimum Gasteiger partial charge on any atom is -0.444 e. The summed E-state index contributed by atoms with van der Waals surface area (Å²) < 4.78 is 33.0. The van der Waals surface area contributed by atoms with Crippen molar-refractivity contribution in [2.45, 2.75) is 38.6 Å². The van der Waals surface area contributed by atoms with Gasteiger partial charge in [-0.15, -0.1) is 0 Å². The topological polar surface area (TPSA) is 55.1 Å². The summed E-state index contributed by atoms with van der Waals surface area (Å²) in [5.74, 6) is -0.783. The first kappa shape index (κ1) is 18.3. The molecule has 144 valence electrons. The molecule has 1 saturated carbocycles. The molecule has 1 atom stereocenters. The number of oxazole rings is 1. The van der Waals surface area contributed by atoms with Gasteiger partial charge in [0.15, 0.2) is 5.69 Å². The fourth-order valence-electron chi connectivity index (χ4n) is 3.12. The van der Waals surface area contributed by atoms with Crippen LogP contribution in [0.15, 0.2) is 47.1 Å². The second-order valence-corrected chi connectivity index (χ2v) is 7.24. The SMILES string of the molecule is Cc1c(F)cc([C@@H](C)NC(=O)c2coc(-c3cccc(C4CC4)c3)n2)cc1F. The Labute approximate surface area is 161 Å². The number of aromatic nitrogens is 1. The van der Waals surface area contributed by atoms with Crippen LogP contribution in [-0.4, -0.2) is 10.9 Å². The number of carbonyl (C=O) groups excluding carboxylic acids is 1. The van der Waals surface area contributed by atoms with Gasteiger partial charge in [0.2, 0.25) is 5.89 Å². The van der Waals surface area contributed by atoms with Crippen LogP contribution in [0.5, 0.6) is 0 Å². The van der Waals surface area contributed by atoms with Crippen molar-refractivity contribution in [2.24, 2.45) is 0 Å². The van der Waals surface area contributed by atoms with Crippen LogP contribution in [0.2, 0.25) is 0 Å². The number of nitrogens with one attached hydrogen (secondary N) is 1. The standard InChI is InChI=1S/C22H20F2N2O2/c1-12-18(23)9-17(10-19(12)24)13(2)25-21(27)20-11-28-22(26-20)16-5-3-4-15(8-16)14-6-7-14/h3-5,8-11,13-14H,6-7H2,1-2H3,(H,25,27)/t13-/m1/s1. The molecule has 1 fully saturated rings. The summed E-state index contributed by atoms with van der Waals surface area (Å²) in [5.41, 5.74) is 2.48. The Morgan fingerprint density at radius 1 is 1.21 bits per heavy atom. The summed E-state index contributed by atoms with van der Waals surface area (Å²) in [4.78, 5) is 16.7. The molecule has 0 unspecified atom stereocenters.